The van der Waals surface area contributed by atoms with Gasteiger partial charge in [0, 0.05) is 0 Å². The summed E-state index contributed by atoms with van der Waals surface area (Å²) in [5.74, 6) is 0. The van der Waals surface area contributed by atoms with Gasteiger partial charge in [-0.25, -0.2) is 0 Å². The van der Waals surface area contributed by atoms with Crippen LogP contribution in [-0.2, 0) is 0 Å². The summed E-state index contributed by atoms with van der Waals surface area (Å²) in [6, 6.07) is 0. The zero-order valence-corrected chi connectivity index (χ0v) is 17.4. The second-order valence-electron chi connectivity index (χ2n) is 8.90. The van der Waals surface area contributed by atoms with Crippen molar-refractivity contribution in [2.24, 2.45) is 10.8 Å². The second-order valence-corrected chi connectivity index (χ2v) is 8.90. The molecule has 0 fully saturated rings. The molecule has 0 amide bonds. The first-order valence-electron chi connectivity index (χ1n) is 9.75. The molecule has 0 heteroatoms. The molecule has 24 heavy (non-hydrogen) atoms. The Bertz CT molecular complexity index is 429. The van der Waals surface area contributed by atoms with Gasteiger partial charge in [0.05, 0.1) is 0 Å². The van der Waals surface area contributed by atoms with Crippen molar-refractivity contribution in [1.82, 2.24) is 0 Å². The molecule has 0 aromatic carbocycles. The Morgan fingerprint density at radius 1 is 1.00 bits per heavy atom. The number of rotatable bonds is 13. The van der Waals surface area contributed by atoms with E-state index in [0.29, 0.717) is 0 Å². The molecular weight excluding hydrogens is 288 g/mol. The zero-order valence-electron chi connectivity index (χ0n) is 17.4. The Balaban J connectivity index is 4.87. The van der Waals surface area contributed by atoms with Gasteiger partial charge in [-0.15, -0.1) is 13.2 Å². The monoisotopic (exact) mass is 330 g/mol. The summed E-state index contributed by atoms with van der Waals surface area (Å²) in [6.07, 6.45) is 18.8. The minimum atomic E-state index is 0.269. The lowest BCUT2D eigenvalue weighted by Gasteiger charge is -2.26. The van der Waals surface area contributed by atoms with Crippen LogP contribution < -0.4 is 0 Å². The fourth-order valence-corrected chi connectivity index (χ4v) is 3.25. The van der Waals surface area contributed by atoms with Crippen molar-refractivity contribution >= 4 is 0 Å². The molecule has 0 nitrogen and oxygen atoms in total. The van der Waals surface area contributed by atoms with E-state index in [-0.39, 0.29) is 10.8 Å². The first-order chi connectivity index (χ1) is 11.1. The largest absolute Gasteiger partial charge is 0.103 e. The van der Waals surface area contributed by atoms with E-state index in [1.165, 1.54) is 43.3 Å². The number of hydrogen-bond acceptors (Lipinski definition) is 0. The molecule has 0 bridgehead atoms. The van der Waals surface area contributed by atoms with Crippen LogP contribution in [0.2, 0.25) is 0 Å². The van der Waals surface area contributed by atoms with E-state index in [4.69, 9.17) is 0 Å². The Hall–Kier alpha value is -1.04. The van der Waals surface area contributed by atoms with Crippen LogP contribution in [0, 0.1) is 10.8 Å². The molecule has 0 saturated carbocycles. The minimum absolute atomic E-state index is 0.269. The first-order valence-corrected chi connectivity index (χ1v) is 9.75. The highest BCUT2D eigenvalue weighted by molar-refractivity contribution is 5.22. The van der Waals surface area contributed by atoms with Gasteiger partial charge in [0.25, 0.3) is 0 Å². The van der Waals surface area contributed by atoms with Gasteiger partial charge in [0.15, 0.2) is 0 Å². The molecule has 0 spiro atoms. The number of hydrogen-bond donors (Lipinski definition) is 0. The van der Waals surface area contributed by atoms with E-state index in [2.05, 4.69) is 72.9 Å². The van der Waals surface area contributed by atoms with E-state index < -0.39 is 0 Å². The van der Waals surface area contributed by atoms with Crippen LogP contribution in [0.25, 0.3) is 0 Å². The van der Waals surface area contributed by atoms with Gasteiger partial charge in [0.2, 0.25) is 0 Å². The summed E-state index contributed by atoms with van der Waals surface area (Å²) in [7, 11) is 0. The summed E-state index contributed by atoms with van der Waals surface area (Å²) in [4.78, 5) is 0. The molecule has 0 saturated heterocycles. The Labute approximate surface area is 152 Å². The molecular formula is C24H42. The normalized spacial score (nSPS) is 13.5. The molecule has 0 aliphatic heterocycles. The minimum Gasteiger partial charge on any atom is -0.103 e. The molecule has 0 radical (unpaired) electrons. The molecule has 0 aliphatic rings. The van der Waals surface area contributed by atoms with Crippen LogP contribution in [0.1, 0.15) is 92.9 Å². The molecule has 138 valence electrons. The maximum atomic E-state index is 4.10. The summed E-state index contributed by atoms with van der Waals surface area (Å²) in [5, 5.41) is 0. The van der Waals surface area contributed by atoms with E-state index in [1.54, 1.807) is 0 Å². The molecule has 0 aromatic rings. The first kappa shape index (κ1) is 23.0. The quantitative estimate of drug-likeness (QED) is 0.180. The Morgan fingerprint density at radius 3 is 2.21 bits per heavy atom. The van der Waals surface area contributed by atoms with Crippen LogP contribution >= 0.6 is 0 Å². The van der Waals surface area contributed by atoms with Gasteiger partial charge < -0.3 is 0 Å². The maximum absolute atomic E-state index is 4.10. The molecule has 0 unspecified atom stereocenters. The lowest BCUT2D eigenvalue weighted by atomic mass is 9.79. The molecule has 0 N–H and O–H groups in total. The fourth-order valence-electron chi connectivity index (χ4n) is 3.25. The maximum Gasteiger partial charge on any atom is -0.0172 e. The van der Waals surface area contributed by atoms with E-state index in [1.807, 2.05) is 6.08 Å². The Morgan fingerprint density at radius 2 is 1.67 bits per heavy atom. The second kappa shape index (κ2) is 11.5. The highest BCUT2D eigenvalue weighted by Gasteiger charge is 2.20. The van der Waals surface area contributed by atoms with Crippen LogP contribution in [0.4, 0.5) is 0 Å². The van der Waals surface area contributed by atoms with Crippen LogP contribution in [-0.4, -0.2) is 0 Å². The summed E-state index contributed by atoms with van der Waals surface area (Å²) >= 11 is 0. The Kier molecular flexibility index (Phi) is 11.0. The van der Waals surface area contributed by atoms with Crippen molar-refractivity contribution in [2.45, 2.75) is 92.9 Å². The molecule has 0 aromatic heterocycles. The average Bonchev–Trinajstić information content (AvgIpc) is 2.45. The molecule has 0 atom stereocenters. The van der Waals surface area contributed by atoms with Crippen molar-refractivity contribution in [3.8, 4) is 0 Å². The third-order valence-electron chi connectivity index (χ3n) is 4.39. The third kappa shape index (κ3) is 12.4. The predicted molar refractivity (Wildman–Crippen MR) is 112 cm³/mol. The van der Waals surface area contributed by atoms with Crippen LogP contribution in [0.3, 0.4) is 0 Å². The average molecular weight is 331 g/mol. The highest BCUT2D eigenvalue weighted by Crippen LogP contribution is 2.34. The van der Waals surface area contributed by atoms with Gasteiger partial charge in [-0.05, 0) is 56.3 Å². The molecule has 0 heterocycles. The van der Waals surface area contributed by atoms with Gasteiger partial charge in [-0.3, -0.25) is 0 Å². The van der Waals surface area contributed by atoms with E-state index in [9.17, 15) is 0 Å². The van der Waals surface area contributed by atoms with Crippen molar-refractivity contribution in [1.29, 1.82) is 0 Å². The molecule has 0 aliphatic carbocycles. The smallest absolute Gasteiger partial charge is 0.0172 e. The summed E-state index contributed by atoms with van der Waals surface area (Å²) in [6.45, 7) is 21.7. The predicted octanol–water partition coefficient (Wildman–Crippen LogP) is 8.42. The van der Waals surface area contributed by atoms with E-state index in [0.717, 1.165) is 19.3 Å². The zero-order chi connectivity index (χ0) is 18.6. The lowest BCUT2D eigenvalue weighted by Crippen LogP contribution is -2.13. The van der Waals surface area contributed by atoms with Crippen LogP contribution in [0.5, 0.6) is 0 Å². The SMILES string of the molecule is C=CCCCCC(C)(C)C=CC(=CCCC)CC(C)(C)CC(=C)C. The molecule has 0 rings (SSSR count). The topological polar surface area (TPSA) is 0 Å². The van der Waals surface area contributed by atoms with Gasteiger partial charge in [-0.2, -0.15) is 0 Å². The standard InChI is InChI=1S/C24H42/c1-9-11-13-14-17-23(5,6)18-16-22(15-12-10-2)20-24(7,8)19-21(3)4/h9,15-16,18H,1,3,10-14,17,19-20H2,2,4-8H3. The lowest BCUT2D eigenvalue weighted by molar-refractivity contribution is 0.360. The third-order valence-corrected chi connectivity index (χ3v) is 4.39. The number of unbranched alkanes of at least 4 members (excludes halogenated alkanes) is 3. The summed E-state index contributed by atoms with van der Waals surface area (Å²) in [5.41, 5.74) is 3.32. The summed E-state index contributed by atoms with van der Waals surface area (Å²) < 4.78 is 0. The van der Waals surface area contributed by atoms with Crippen molar-refractivity contribution in [3.63, 3.8) is 0 Å². The van der Waals surface area contributed by atoms with Crippen molar-refractivity contribution in [2.75, 3.05) is 0 Å². The fraction of sp³-hybridized carbons (Fsp3) is 0.667. The van der Waals surface area contributed by atoms with Crippen molar-refractivity contribution < 1.29 is 0 Å². The highest BCUT2D eigenvalue weighted by atomic mass is 14.2. The van der Waals surface area contributed by atoms with Crippen LogP contribution in [0.15, 0.2) is 48.6 Å². The van der Waals surface area contributed by atoms with Crippen molar-refractivity contribution in [3.05, 3.63) is 48.6 Å². The van der Waals surface area contributed by atoms with E-state index >= 15 is 0 Å². The number of allylic oxidation sites excluding steroid dienone is 6. The van der Waals surface area contributed by atoms with Gasteiger partial charge >= 0.3 is 0 Å². The van der Waals surface area contributed by atoms with Gasteiger partial charge in [0.1, 0.15) is 0 Å². The van der Waals surface area contributed by atoms with Gasteiger partial charge in [-0.1, -0.05) is 82.9 Å².